The Kier molecular flexibility index (Phi) is 3.63. The molecule has 0 fully saturated rings. The average molecular weight is 263 g/mol. The third-order valence-corrected chi connectivity index (χ3v) is 2.85. The van der Waals surface area contributed by atoms with Gasteiger partial charge >= 0.3 is 0 Å². The summed E-state index contributed by atoms with van der Waals surface area (Å²) in [7, 11) is 1.59. The minimum absolute atomic E-state index is 0.590. The number of ether oxygens (including phenoxy) is 1. The van der Waals surface area contributed by atoms with E-state index in [2.05, 4.69) is 5.32 Å². The predicted octanol–water partition coefficient (Wildman–Crippen LogP) is 3.98. The molecule has 2 rings (SSSR count). The van der Waals surface area contributed by atoms with Crippen molar-refractivity contribution in [2.24, 2.45) is 0 Å². The number of benzene rings is 2. The lowest BCUT2D eigenvalue weighted by Crippen LogP contribution is -1.94. The summed E-state index contributed by atoms with van der Waals surface area (Å²) in [5.41, 5.74) is 9.50. The Morgan fingerprint density at radius 1 is 1.11 bits per heavy atom. The fourth-order valence-electron chi connectivity index (χ4n) is 1.79. The minimum atomic E-state index is 0.590. The molecule has 3 N–H and O–H groups in total. The highest BCUT2D eigenvalue weighted by molar-refractivity contribution is 6.32. The second-order valence-corrected chi connectivity index (χ2v) is 4.51. The Labute approximate surface area is 112 Å². The Hall–Kier alpha value is -1.87. The van der Waals surface area contributed by atoms with Crippen LogP contribution in [-0.2, 0) is 0 Å². The van der Waals surface area contributed by atoms with Crippen molar-refractivity contribution in [3.63, 3.8) is 0 Å². The van der Waals surface area contributed by atoms with Crippen molar-refractivity contribution in [2.75, 3.05) is 18.2 Å². The average Bonchev–Trinajstić information content (AvgIpc) is 2.30. The van der Waals surface area contributed by atoms with Gasteiger partial charge in [-0.25, -0.2) is 0 Å². The van der Waals surface area contributed by atoms with Crippen molar-refractivity contribution in [2.45, 2.75) is 6.92 Å². The summed E-state index contributed by atoms with van der Waals surface area (Å²) < 4.78 is 5.17. The zero-order valence-corrected chi connectivity index (χ0v) is 11.1. The molecule has 0 radical (unpaired) electrons. The summed E-state index contributed by atoms with van der Waals surface area (Å²) in [5, 5.41) is 3.86. The maximum atomic E-state index is 5.98. The largest absolute Gasteiger partial charge is 0.495 e. The smallest absolute Gasteiger partial charge is 0.139 e. The van der Waals surface area contributed by atoms with E-state index in [-0.39, 0.29) is 0 Å². The van der Waals surface area contributed by atoms with Gasteiger partial charge in [-0.3, -0.25) is 0 Å². The number of nitrogens with two attached hydrogens (primary N) is 1. The van der Waals surface area contributed by atoms with E-state index >= 15 is 0 Å². The molecule has 0 bridgehead atoms. The molecule has 0 saturated carbocycles. The predicted molar refractivity (Wildman–Crippen MR) is 76.9 cm³/mol. The van der Waals surface area contributed by atoms with E-state index in [9.17, 15) is 0 Å². The van der Waals surface area contributed by atoms with Gasteiger partial charge in [0, 0.05) is 23.1 Å². The van der Waals surface area contributed by atoms with Crippen molar-refractivity contribution in [3.05, 3.63) is 47.0 Å². The fourth-order valence-corrected chi connectivity index (χ4v) is 1.98. The molecule has 0 aliphatic rings. The lowest BCUT2D eigenvalue weighted by molar-refractivity contribution is 0.415. The molecular weight excluding hydrogens is 248 g/mol. The van der Waals surface area contributed by atoms with Crippen molar-refractivity contribution in [3.8, 4) is 5.75 Å². The lowest BCUT2D eigenvalue weighted by atomic mass is 10.2. The highest BCUT2D eigenvalue weighted by atomic mass is 35.5. The third-order valence-electron chi connectivity index (χ3n) is 2.54. The molecule has 2 aromatic carbocycles. The van der Waals surface area contributed by atoms with Gasteiger partial charge in [-0.15, -0.1) is 0 Å². The zero-order valence-electron chi connectivity index (χ0n) is 10.3. The Morgan fingerprint density at radius 2 is 1.89 bits per heavy atom. The number of hydrogen-bond donors (Lipinski definition) is 2. The van der Waals surface area contributed by atoms with Gasteiger partial charge in [-0.1, -0.05) is 11.6 Å². The van der Waals surface area contributed by atoms with E-state index in [1.165, 1.54) is 0 Å². The first-order valence-electron chi connectivity index (χ1n) is 5.56. The van der Waals surface area contributed by atoms with Gasteiger partial charge in [-0.2, -0.15) is 0 Å². The molecule has 0 amide bonds. The standard InChI is InChI=1S/C14H15ClN2O/c1-9-5-10(16)7-12(6-9)17-11-3-4-13(15)14(8-11)18-2/h3-8,17H,16H2,1-2H3. The highest BCUT2D eigenvalue weighted by Gasteiger charge is 2.03. The summed E-state index contributed by atoms with van der Waals surface area (Å²) in [5.74, 6) is 0.641. The van der Waals surface area contributed by atoms with E-state index in [4.69, 9.17) is 22.1 Å². The molecule has 4 heteroatoms. The maximum absolute atomic E-state index is 5.98. The van der Waals surface area contributed by atoms with Crippen molar-refractivity contribution < 1.29 is 4.74 Å². The highest BCUT2D eigenvalue weighted by Crippen LogP contribution is 2.29. The van der Waals surface area contributed by atoms with E-state index in [0.29, 0.717) is 10.8 Å². The molecule has 0 heterocycles. The summed E-state index contributed by atoms with van der Waals surface area (Å²) in [6, 6.07) is 11.4. The van der Waals surface area contributed by atoms with Crippen molar-refractivity contribution in [1.29, 1.82) is 0 Å². The van der Waals surface area contributed by atoms with Crippen LogP contribution in [0.15, 0.2) is 36.4 Å². The van der Waals surface area contributed by atoms with Gasteiger partial charge in [0.2, 0.25) is 0 Å². The molecule has 3 nitrogen and oxygen atoms in total. The van der Waals surface area contributed by atoms with Crippen LogP contribution in [0, 0.1) is 6.92 Å². The molecular formula is C14H15ClN2O. The van der Waals surface area contributed by atoms with Gasteiger partial charge < -0.3 is 15.8 Å². The van der Waals surface area contributed by atoms with E-state index in [1.54, 1.807) is 13.2 Å². The van der Waals surface area contributed by atoms with Crippen LogP contribution < -0.4 is 15.8 Å². The first-order chi connectivity index (χ1) is 8.58. The molecule has 2 aromatic rings. The van der Waals surface area contributed by atoms with Crippen molar-refractivity contribution in [1.82, 2.24) is 0 Å². The third kappa shape index (κ3) is 2.87. The van der Waals surface area contributed by atoms with Crippen LogP contribution >= 0.6 is 11.6 Å². The number of nitrogens with one attached hydrogen (secondary N) is 1. The quantitative estimate of drug-likeness (QED) is 0.823. The van der Waals surface area contributed by atoms with E-state index in [0.717, 1.165) is 22.6 Å². The van der Waals surface area contributed by atoms with Gasteiger partial charge in [0.1, 0.15) is 5.75 Å². The molecule has 0 unspecified atom stereocenters. The SMILES string of the molecule is COc1cc(Nc2cc(C)cc(N)c2)ccc1Cl. The number of rotatable bonds is 3. The molecule has 0 saturated heterocycles. The van der Waals surface area contributed by atoms with Crippen LogP contribution in [0.2, 0.25) is 5.02 Å². The molecule has 0 spiro atoms. The topological polar surface area (TPSA) is 47.3 Å². The number of halogens is 1. The second-order valence-electron chi connectivity index (χ2n) is 4.11. The van der Waals surface area contributed by atoms with Gasteiger partial charge in [0.15, 0.2) is 0 Å². The Balaban J connectivity index is 2.28. The monoisotopic (exact) mass is 262 g/mol. The Bertz CT molecular complexity index is 549. The maximum Gasteiger partial charge on any atom is 0.139 e. The van der Waals surface area contributed by atoms with Gasteiger partial charge in [-0.05, 0) is 42.8 Å². The number of hydrogen-bond acceptors (Lipinski definition) is 3. The van der Waals surface area contributed by atoms with Crippen LogP contribution in [-0.4, -0.2) is 7.11 Å². The van der Waals surface area contributed by atoms with Gasteiger partial charge in [0.05, 0.1) is 12.1 Å². The number of methoxy groups -OCH3 is 1. The van der Waals surface area contributed by atoms with E-state index in [1.807, 2.05) is 37.3 Å². The normalized spacial score (nSPS) is 10.2. The van der Waals surface area contributed by atoms with Crippen molar-refractivity contribution >= 4 is 28.7 Å². The molecule has 94 valence electrons. The summed E-state index contributed by atoms with van der Waals surface area (Å²) in [6.45, 7) is 2.00. The Morgan fingerprint density at radius 3 is 2.56 bits per heavy atom. The van der Waals surface area contributed by atoms with Crippen LogP contribution in [0.1, 0.15) is 5.56 Å². The number of anilines is 3. The zero-order chi connectivity index (χ0) is 13.1. The molecule has 0 aliphatic carbocycles. The van der Waals surface area contributed by atoms with E-state index < -0.39 is 0 Å². The van der Waals surface area contributed by atoms with Crippen LogP contribution in [0.4, 0.5) is 17.1 Å². The van der Waals surface area contributed by atoms with Crippen LogP contribution in [0.25, 0.3) is 0 Å². The summed E-state index contributed by atoms with van der Waals surface area (Å²) >= 11 is 5.98. The summed E-state index contributed by atoms with van der Waals surface area (Å²) in [4.78, 5) is 0. The van der Waals surface area contributed by atoms with Crippen LogP contribution in [0.5, 0.6) is 5.75 Å². The van der Waals surface area contributed by atoms with Gasteiger partial charge in [0.25, 0.3) is 0 Å². The van der Waals surface area contributed by atoms with Crippen LogP contribution in [0.3, 0.4) is 0 Å². The fraction of sp³-hybridized carbons (Fsp3) is 0.143. The lowest BCUT2D eigenvalue weighted by Gasteiger charge is -2.10. The first kappa shape index (κ1) is 12.6. The number of aryl methyl sites for hydroxylation is 1. The minimum Gasteiger partial charge on any atom is -0.495 e. The first-order valence-corrected chi connectivity index (χ1v) is 5.94. The molecule has 0 aromatic heterocycles. The molecule has 0 aliphatic heterocycles. The number of nitrogen functional groups attached to an aromatic ring is 1. The molecule has 18 heavy (non-hydrogen) atoms. The molecule has 0 atom stereocenters. The second kappa shape index (κ2) is 5.19. The summed E-state index contributed by atoms with van der Waals surface area (Å²) in [6.07, 6.45) is 0.